The van der Waals surface area contributed by atoms with Crippen molar-refractivity contribution < 1.29 is 18.3 Å². The van der Waals surface area contributed by atoms with Crippen molar-refractivity contribution in [2.75, 3.05) is 13.2 Å². The molecule has 7 heteroatoms. The second-order valence-corrected chi connectivity index (χ2v) is 6.46. The summed E-state index contributed by atoms with van der Waals surface area (Å²) in [4.78, 5) is 12.3. The summed E-state index contributed by atoms with van der Waals surface area (Å²) in [7, 11) is 1.85. The normalized spacial score (nSPS) is 20.6. The van der Waals surface area contributed by atoms with Crippen LogP contribution in [0.4, 0.5) is 8.78 Å². The first-order valence-electron chi connectivity index (χ1n) is 8.21. The van der Waals surface area contributed by atoms with E-state index in [9.17, 15) is 13.6 Å². The first kappa shape index (κ1) is 17.5. The Morgan fingerprint density at radius 1 is 1.40 bits per heavy atom. The quantitative estimate of drug-likeness (QED) is 0.903. The summed E-state index contributed by atoms with van der Waals surface area (Å²) in [6.07, 6.45) is 4.44. The number of halogens is 2. The van der Waals surface area contributed by atoms with Crippen LogP contribution in [-0.4, -0.2) is 28.8 Å². The van der Waals surface area contributed by atoms with E-state index in [1.807, 2.05) is 13.2 Å². The van der Waals surface area contributed by atoms with E-state index in [-0.39, 0.29) is 23.5 Å². The molecular weight excluding hydrogens is 328 g/mol. The Morgan fingerprint density at radius 3 is 2.72 bits per heavy atom. The number of hydrogen-bond acceptors (Lipinski definition) is 3. The molecule has 1 aromatic carbocycles. The van der Waals surface area contributed by atoms with E-state index >= 15 is 0 Å². The Kier molecular flexibility index (Phi) is 4.85. The van der Waals surface area contributed by atoms with Crippen LogP contribution in [0.3, 0.4) is 0 Å². The lowest BCUT2D eigenvalue weighted by Gasteiger charge is -2.18. The third-order valence-corrected chi connectivity index (χ3v) is 4.45. The lowest BCUT2D eigenvalue weighted by Crippen LogP contribution is -2.30. The SMILES string of the molecule is Cn1cc([C@@H]2OCC[C@H]2CNC(=O)c2ccc(C(C)(F)F)cc2)cn1. The minimum atomic E-state index is -2.91. The molecule has 0 aliphatic carbocycles. The maximum absolute atomic E-state index is 13.2. The molecule has 134 valence electrons. The van der Waals surface area contributed by atoms with Crippen molar-refractivity contribution in [1.82, 2.24) is 15.1 Å². The van der Waals surface area contributed by atoms with Gasteiger partial charge in [-0.2, -0.15) is 5.10 Å². The van der Waals surface area contributed by atoms with Gasteiger partial charge in [0.1, 0.15) is 0 Å². The second kappa shape index (κ2) is 6.92. The number of aromatic nitrogens is 2. The maximum Gasteiger partial charge on any atom is 0.270 e. The van der Waals surface area contributed by atoms with Gasteiger partial charge in [0.25, 0.3) is 11.8 Å². The molecule has 25 heavy (non-hydrogen) atoms. The van der Waals surface area contributed by atoms with Crippen LogP contribution in [0.2, 0.25) is 0 Å². The summed E-state index contributed by atoms with van der Waals surface area (Å²) in [5, 5.41) is 7.03. The van der Waals surface area contributed by atoms with Gasteiger partial charge in [0.15, 0.2) is 0 Å². The van der Waals surface area contributed by atoms with E-state index in [2.05, 4.69) is 10.4 Å². The van der Waals surface area contributed by atoms with Gasteiger partial charge < -0.3 is 10.1 Å². The highest BCUT2D eigenvalue weighted by Crippen LogP contribution is 2.33. The molecule has 0 spiro atoms. The molecule has 2 aromatic rings. The molecular formula is C18H21F2N3O2. The fourth-order valence-corrected chi connectivity index (χ4v) is 3.04. The molecule has 2 atom stereocenters. The highest BCUT2D eigenvalue weighted by Gasteiger charge is 2.31. The number of aryl methyl sites for hydroxylation is 1. The van der Waals surface area contributed by atoms with Crippen molar-refractivity contribution >= 4 is 5.91 Å². The zero-order valence-corrected chi connectivity index (χ0v) is 14.2. The molecule has 1 saturated heterocycles. The number of carbonyl (C=O) groups excluding carboxylic acids is 1. The molecule has 5 nitrogen and oxygen atoms in total. The van der Waals surface area contributed by atoms with Gasteiger partial charge in [-0.15, -0.1) is 0 Å². The Bertz CT molecular complexity index is 738. The largest absolute Gasteiger partial charge is 0.373 e. The van der Waals surface area contributed by atoms with Gasteiger partial charge in [-0.25, -0.2) is 8.78 Å². The highest BCUT2D eigenvalue weighted by molar-refractivity contribution is 5.94. The van der Waals surface area contributed by atoms with Gasteiger partial charge in [-0.05, 0) is 18.6 Å². The molecule has 0 radical (unpaired) electrons. The Balaban J connectivity index is 1.60. The lowest BCUT2D eigenvalue weighted by molar-refractivity contribution is 0.0174. The number of alkyl halides is 2. The lowest BCUT2D eigenvalue weighted by atomic mass is 9.97. The Labute approximate surface area is 145 Å². The van der Waals surface area contributed by atoms with Gasteiger partial charge in [-0.3, -0.25) is 9.48 Å². The molecule has 1 N–H and O–H groups in total. The van der Waals surface area contributed by atoms with Crippen LogP contribution in [0.15, 0.2) is 36.7 Å². The summed E-state index contributed by atoms with van der Waals surface area (Å²) in [6, 6.07) is 5.41. The number of nitrogens with one attached hydrogen (secondary N) is 1. The van der Waals surface area contributed by atoms with Crippen molar-refractivity contribution in [3.8, 4) is 0 Å². The van der Waals surface area contributed by atoms with Crippen LogP contribution < -0.4 is 5.32 Å². The first-order chi connectivity index (χ1) is 11.8. The van der Waals surface area contributed by atoms with Crippen LogP contribution >= 0.6 is 0 Å². The third kappa shape index (κ3) is 4.04. The summed E-state index contributed by atoms with van der Waals surface area (Å²) in [6.45, 7) is 1.94. The molecule has 0 unspecified atom stereocenters. The topological polar surface area (TPSA) is 56.1 Å². The smallest absolute Gasteiger partial charge is 0.270 e. The van der Waals surface area contributed by atoms with Gasteiger partial charge >= 0.3 is 0 Å². The van der Waals surface area contributed by atoms with E-state index in [1.165, 1.54) is 24.3 Å². The van der Waals surface area contributed by atoms with Crippen LogP contribution in [0.25, 0.3) is 0 Å². The van der Waals surface area contributed by atoms with Gasteiger partial charge in [-0.1, -0.05) is 12.1 Å². The molecule has 1 amide bonds. The standard InChI is InChI=1S/C18H21F2N3O2/c1-18(19,20)15-5-3-12(4-6-15)17(24)21-9-13-7-8-25-16(13)14-10-22-23(2)11-14/h3-6,10-11,13,16H,7-9H2,1-2H3,(H,21,24)/t13-,16+/m0/s1. The van der Waals surface area contributed by atoms with Gasteiger partial charge in [0, 0.05) is 55.9 Å². The molecule has 1 aromatic heterocycles. The van der Waals surface area contributed by atoms with Crippen LogP contribution in [0.1, 0.15) is 40.9 Å². The van der Waals surface area contributed by atoms with Crippen LogP contribution in [0, 0.1) is 5.92 Å². The second-order valence-electron chi connectivity index (χ2n) is 6.46. The highest BCUT2D eigenvalue weighted by atomic mass is 19.3. The van der Waals surface area contributed by atoms with Crippen molar-refractivity contribution in [2.24, 2.45) is 13.0 Å². The minimum Gasteiger partial charge on any atom is -0.373 e. The fraction of sp³-hybridized carbons (Fsp3) is 0.444. The number of rotatable bonds is 5. The van der Waals surface area contributed by atoms with Crippen molar-refractivity contribution in [3.05, 3.63) is 53.3 Å². The average molecular weight is 349 g/mol. The molecule has 1 aliphatic rings. The summed E-state index contributed by atoms with van der Waals surface area (Å²) >= 11 is 0. The number of carbonyl (C=O) groups is 1. The number of hydrogen-bond donors (Lipinski definition) is 1. The van der Waals surface area contributed by atoms with Gasteiger partial charge in [0.05, 0.1) is 12.3 Å². The maximum atomic E-state index is 13.2. The first-order valence-corrected chi connectivity index (χ1v) is 8.21. The summed E-state index contributed by atoms with van der Waals surface area (Å²) < 4.78 is 33.9. The van der Waals surface area contributed by atoms with E-state index in [0.717, 1.165) is 18.9 Å². The molecule has 1 aliphatic heterocycles. The fourth-order valence-electron chi connectivity index (χ4n) is 3.04. The average Bonchev–Trinajstić information content (AvgIpc) is 3.20. The van der Waals surface area contributed by atoms with E-state index < -0.39 is 5.92 Å². The molecule has 2 heterocycles. The number of benzene rings is 1. The Morgan fingerprint density at radius 2 is 2.12 bits per heavy atom. The number of nitrogens with zero attached hydrogens (tertiary/aromatic N) is 2. The number of amides is 1. The van der Waals surface area contributed by atoms with E-state index in [4.69, 9.17) is 4.74 Å². The van der Waals surface area contributed by atoms with Crippen LogP contribution in [-0.2, 0) is 17.7 Å². The van der Waals surface area contributed by atoms with E-state index in [1.54, 1.807) is 10.9 Å². The predicted octanol–water partition coefficient (Wildman–Crippen LogP) is 3.04. The Hall–Kier alpha value is -2.28. The summed E-state index contributed by atoms with van der Waals surface area (Å²) in [5.74, 6) is -3.03. The zero-order valence-electron chi connectivity index (χ0n) is 14.2. The third-order valence-electron chi connectivity index (χ3n) is 4.45. The minimum absolute atomic E-state index is 0.0878. The summed E-state index contributed by atoms with van der Waals surface area (Å²) in [5.41, 5.74) is 1.25. The molecule has 0 saturated carbocycles. The zero-order chi connectivity index (χ0) is 18.0. The monoisotopic (exact) mass is 349 g/mol. The predicted molar refractivity (Wildman–Crippen MR) is 88.4 cm³/mol. The molecule has 1 fully saturated rings. The van der Waals surface area contributed by atoms with Crippen LogP contribution in [0.5, 0.6) is 0 Å². The van der Waals surface area contributed by atoms with Crippen molar-refractivity contribution in [1.29, 1.82) is 0 Å². The molecule has 3 rings (SSSR count). The van der Waals surface area contributed by atoms with Crippen molar-refractivity contribution in [2.45, 2.75) is 25.4 Å². The van der Waals surface area contributed by atoms with Gasteiger partial charge in [0.2, 0.25) is 0 Å². The van der Waals surface area contributed by atoms with E-state index in [0.29, 0.717) is 18.7 Å². The number of ether oxygens (including phenoxy) is 1. The van der Waals surface area contributed by atoms with Crippen molar-refractivity contribution in [3.63, 3.8) is 0 Å². The molecule has 0 bridgehead atoms.